The smallest absolute Gasteiger partial charge is 0.401 e. The van der Waals surface area contributed by atoms with E-state index in [4.69, 9.17) is 11.5 Å². The van der Waals surface area contributed by atoms with E-state index in [1.807, 2.05) is 47.6 Å². The number of nitrogens with zero attached hydrogens (tertiary/aromatic N) is 2. The molecule has 39 heavy (non-hydrogen) atoms. The molecule has 1 amide bonds. The highest BCUT2D eigenvalue weighted by molar-refractivity contribution is 6.05. The maximum Gasteiger partial charge on any atom is 0.430 e. The number of nitrogens with one attached hydrogen (secondary N) is 1. The molecule has 0 aromatic heterocycles. The Morgan fingerprint density at radius 3 is 2.28 bits per heavy atom. The van der Waals surface area contributed by atoms with E-state index in [1.54, 1.807) is 11.1 Å². The van der Waals surface area contributed by atoms with Gasteiger partial charge in [0.25, 0.3) is 5.91 Å². The Morgan fingerprint density at radius 2 is 1.85 bits per heavy atom. The number of allylic oxidation sites excluding steroid dienone is 5. The fraction of sp³-hybridized carbons (Fsp3) is 0.552. The molecule has 10 heteroatoms. The van der Waals surface area contributed by atoms with Gasteiger partial charge in [-0.2, -0.15) is 13.2 Å². The van der Waals surface area contributed by atoms with Gasteiger partial charge >= 0.3 is 6.18 Å². The molecule has 2 rings (SSSR count). The van der Waals surface area contributed by atoms with Gasteiger partial charge in [0.05, 0.1) is 11.6 Å². The molecule has 7 nitrogen and oxygen atoms in total. The van der Waals surface area contributed by atoms with Crippen molar-refractivity contribution in [1.82, 2.24) is 10.2 Å². The number of hydrogen-bond donors (Lipinski definition) is 3. The lowest BCUT2D eigenvalue weighted by atomic mass is 9.85. The maximum atomic E-state index is 13.3. The van der Waals surface area contributed by atoms with Crippen LogP contribution in [-0.2, 0) is 9.59 Å². The van der Waals surface area contributed by atoms with E-state index < -0.39 is 11.9 Å². The van der Waals surface area contributed by atoms with E-state index in [0.717, 1.165) is 30.2 Å². The van der Waals surface area contributed by atoms with Gasteiger partial charge in [-0.1, -0.05) is 47.3 Å². The Kier molecular flexibility index (Phi) is 13.3. The molecule has 0 aromatic rings. The minimum Gasteiger partial charge on any atom is -0.401 e. The molecule has 0 aliphatic carbocycles. The molecule has 218 valence electrons. The fourth-order valence-electron chi connectivity index (χ4n) is 4.21. The van der Waals surface area contributed by atoms with Crippen molar-refractivity contribution in [2.45, 2.75) is 79.4 Å². The van der Waals surface area contributed by atoms with Crippen molar-refractivity contribution in [2.24, 2.45) is 28.3 Å². The van der Waals surface area contributed by atoms with Crippen LogP contribution in [0, 0.1) is 11.8 Å². The van der Waals surface area contributed by atoms with Gasteiger partial charge in [-0.25, -0.2) is 0 Å². The van der Waals surface area contributed by atoms with Crippen LogP contribution in [0.3, 0.4) is 0 Å². The molecule has 2 heterocycles. The molecule has 5 N–H and O–H groups in total. The quantitative estimate of drug-likeness (QED) is 0.355. The third kappa shape index (κ3) is 8.86. The van der Waals surface area contributed by atoms with Crippen LogP contribution in [0.1, 0.15) is 67.2 Å². The summed E-state index contributed by atoms with van der Waals surface area (Å²) in [6, 6.07) is -0.326. The van der Waals surface area contributed by atoms with Crippen LogP contribution in [-0.4, -0.2) is 47.6 Å². The number of rotatable bonds is 8. The largest absolute Gasteiger partial charge is 0.430 e. The van der Waals surface area contributed by atoms with Crippen molar-refractivity contribution in [3.05, 3.63) is 59.2 Å². The van der Waals surface area contributed by atoms with Gasteiger partial charge in [0.1, 0.15) is 5.70 Å². The Balaban J connectivity index is 0.000000824. The second-order valence-electron chi connectivity index (χ2n) is 9.67. The number of likely N-dealkylation sites (tertiary alicyclic amines) is 1. The number of ketones is 1. The summed E-state index contributed by atoms with van der Waals surface area (Å²) in [6.45, 7) is 15.3. The number of alkyl halides is 3. The number of nitrogens with two attached hydrogens (primary N) is 2. The topological polar surface area (TPSA) is 114 Å². The normalized spacial score (nSPS) is 22.0. The Morgan fingerprint density at radius 1 is 1.23 bits per heavy atom. The molecule has 0 spiro atoms. The number of halogens is 3. The molecule has 3 atom stereocenters. The van der Waals surface area contributed by atoms with Gasteiger partial charge in [0, 0.05) is 54.3 Å². The van der Waals surface area contributed by atoms with E-state index in [-0.39, 0.29) is 47.4 Å². The second-order valence-corrected chi connectivity index (χ2v) is 9.67. The van der Waals surface area contributed by atoms with E-state index in [0.29, 0.717) is 25.1 Å². The van der Waals surface area contributed by atoms with Crippen molar-refractivity contribution in [1.29, 1.82) is 0 Å². The van der Waals surface area contributed by atoms with Crippen molar-refractivity contribution in [3.63, 3.8) is 0 Å². The summed E-state index contributed by atoms with van der Waals surface area (Å²) in [5.41, 5.74) is 13.8. The molecule has 0 bridgehead atoms. The van der Waals surface area contributed by atoms with Gasteiger partial charge in [-0.15, -0.1) is 0 Å². The molecule has 1 saturated heterocycles. The highest BCUT2D eigenvalue weighted by Crippen LogP contribution is 2.31. The number of aliphatic imine (C=N–C) groups is 1. The third-order valence-electron chi connectivity index (χ3n) is 7.06. The summed E-state index contributed by atoms with van der Waals surface area (Å²) >= 11 is 0. The van der Waals surface area contributed by atoms with Crippen molar-refractivity contribution in [3.8, 4) is 0 Å². The van der Waals surface area contributed by atoms with Crippen LogP contribution in [0.4, 0.5) is 13.2 Å². The average Bonchev–Trinajstić information content (AvgIpc) is 2.92. The van der Waals surface area contributed by atoms with Gasteiger partial charge in [-0.3, -0.25) is 14.6 Å². The second kappa shape index (κ2) is 15.3. The molecular formula is C29H44F3N5O2. The average molecular weight is 552 g/mol. The van der Waals surface area contributed by atoms with Gasteiger partial charge in [0.15, 0.2) is 5.78 Å². The molecule has 2 aliphatic rings. The van der Waals surface area contributed by atoms with Crippen molar-refractivity contribution in [2.75, 3.05) is 13.1 Å². The van der Waals surface area contributed by atoms with E-state index in [1.165, 1.54) is 6.08 Å². The SMILES string of the molecule is C/C=C/N=C1\CCN(C(=O)C2=C(N)C=C(C(F)(F)F)NC2)C(CC)\C1=C(\N)C(C)CC.C=CC(=O)C(C)CC. The zero-order chi connectivity index (χ0) is 29.9. The number of carbonyl (C=O) groups excluding carboxylic acids is 2. The number of amides is 1. The predicted molar refractivity (Wildman–Crippen MR) is 151 cm³/mol. The van der Waals surface area contributed by atoms with E-state index in [2.05, 4.69) is 16.9 Å². The first-order valence-electron chi connectivity index (χ1n) is 13.4. The van der Waals surface area contributed by atoms with Crippen LogP contribution < -0.4 is 16.8 Å². The first-order valence-corrected chi connectivity index (χ1v) is 13.4. The molecule has 1 fully saturated rings. The predicted octanol–water partition coefficient (Wildman–Crippen LogP) is 5.28. The highest BCUT2D eigenvalue weighted by atomic mass is 19.4. The summed E-state index contributed by atoms with van der Waals surface area (Å²) in [5, 5.41) is 2.27. The maximum absolute atomic E-state index is 13.3. The lowest BCUT2D eigenvalue weighted by Crippen LogP contribution is -2.51. The first-order chi connectivity index (χ1) is 18.3. The fourth-order valence-corrected chi connectivity index (χ4v) is 4.21. The third-order valence-corrected chi connectivity index (χ3v) is 7.06. The Bertz CT molecular complexity index is 1050. The van der Waals surface area contributed by atoms with Crippen LogP contribution in [0.15, 0.2) is 64.2 Å². The molecule has 0 radical (unpaired) electrons. The van der Waals surface area contributed by atoms with Crippen LogP contribution in [0.2, 0.25) is 0 Å². The van der Waals surface area contributed by atoms with Crippen molar-refractivity contribution >= 4 is 17.4 Å². The number of hydrogen-bond acceptors (Lipinski definition) is 6. The molecule has 0 saturated carbocycles. The Hall–Kier alpha value is -3.30. The molecular weight excluding hydrogens is 507 g/mol. The van der Waals surface area contributed by atoms with Crippen LogP contribution in [0.25, 0.3) is 0 Å². The monoisotopic (exact) mass is 551 g/mol. The summed E-state index contributed by atoms with van der Waals surface area (Å²) in [5.74, 6) is 0.0293. The summed E-state index contributed by atoms with van der Waals surface area (Å²) in [4.78, 5) is 30.2. The zero-order valence-electron chi connectivity index (χ0n) is 24.0. The van der Waals surface area contributed by atoms with Crippen molar-refractivity contribution < 1.29 is 22.8 Å². The number of carbonyl (C=O) groups is 2. The Labute approximate surface area is 230 Å². The highest BCUT2D eigenvalue weighted by Gasteiger charge is 2.39. The molecule has 3 unspecified atom stereocenters. The summed E-state index contributed by atoms with van der Waals surface area (Å²) in [6.07, 6.45) is 3.99. The summed E-state index contributed by atoms with van der Waals surface area (Å²) < 4.78 is 38.9. The lowest BCUT2D eigenvalue weighted by molar-refractivity contribution is -0.129. The number of dihydropyridines is 1. The van der Waals surface area contributed by atoms with Crippen LogP contribution in [0.5, 0.6) is 0 Å². The lowest BCUT2D eigenvalue weighted by Gasteiger charge is -2.40. The van der Waals surface area contributed by atoms with Gasteiger partial charge in [0.2, 0.25) is 0 Å². The van der Waals surface area contributed by atoms with E-state index in [9.17, 15) is 22.8 Å². The van der Waals surface area contributed by atoms with Gasteiger partial charge < -0.3 is 21.7 Å². The van der Waals surface area contributed by atoms with Gasteiger partial charge in [-0.05, 0) is 44.3 Å². The number of piperidine rings is 1. The minimum absolute atomic E-state index is 0.104. The van der Waals surface area contributed by atoms with E-state index >= 15 is 0 Å². The first kappa shape index (κ1) is 33.7. The molecule has 2 aliphatic heterocycles. The standard InChI is InChI=1S/C22H32F3N5O.C7H12O/c1-5-9-28-16-8-10-30(17(7-3)19(16)20(27)13(4)6-2)21(31)14-12-29-18(11-15(14)26)22(23,24)25;1-4-6(3)7(8)5-2/h5,9,11,13,17,29H,6-8,10,12,26-27H2,1-4H3;5-6H,2,4H2,1,3H3/b9-5+,20-19+,28-16+;. The summed E-state index contributed by atoms with van der Waals surface area (Å²) in [7, 11) is 0. The molecule has 0 aromatic carbocycles. The zero-order valence-corrected chi connectivity index (χ0v) is 24.0. The minimum atomic E-state index is -4.55. The van der Waals surface area contributed by atoms with Crippen LogP contribution >= 0.6 is 0 Å².